The fraction of sp³-hybridized carbons (Fsp3) is 0.316. The van der Waals surface area contributed by atoms with Gasteiger partial charge in [-0.3, -0.25) is 19.1 Å². The number of aryl methyl sites for hydroxylation is 2. The van der Waals surface area contributed by atoms with Gasteiger partial charge in [0.2, 0.25) is 5.43 Å². The number of anilines is 2. The smallest absolute Gasteiger partial charge is 0.341 e. The van der Waals surface area contributed by atoms with Gasteiger partial charge in [-0.25, -0.2) is 22.8 Å². The van der Waals surface area contributed by atoms with Crippen LogP contribution in [0.15, 0.2) is 75.2 Å². The monoisotopic (exact) mass is 716 g/mol. The minimum Gasteiger partial charge on any atom is -0.477 e. The fourth-order valence-corrected chi connectivity index (χ4v) is 6.95. The second kappa shape index (κ2) is 15.0. The minimum atomic E-state index is -1.58. The molecular weight excluding hydrogens is 677 g/mol. The second-order valence-corrected chi connectivity index (χ2v) is 13.2. The number of benzene rings is 3. The molecule has 3 aromatic carbocycles. The molecule has 11 nitrogen and oxygen atoms in total. The lowest BCUT2D eigenvalue weighted by atomic mass is 9.91. The predicted octanol–water partition coefficient (Wildman–Crippen LogP) is 5.37. The van der Waals surface area contributed by atoms with Crippen LogP contribution in [-0.4, -0.2) is 49.7 Å². The van der Waals surface area contributed by atoms with E-state index in [9.17, 15) is 33.1 Å². The molecule has 0 amide bonds. The Balaban J connectivity index is 1.11. The first-order valence-electron chi connectivity index (χ1n) is 17.1. The summed E-state index contributed by atoms with van der Waals surface area (Å²) in [5.74, 6) is -4.10. The summed E-state index contributed by atoms with van der Waals surface area (Å²) in [6.07, 6.45) is 3.69. The maximum absolute atomic E-state index is 15.6. The van der Waals surface area contributed by atoms with Crippen molar-refractivity contribution in [3.05, 3.63) is 132 Å². The van der Waals surface area contributed by atoms with Crippen LogP contribution in [-0.2, 0) is 13.0 Å². The molecule has 1 fully saturated rings. The van der Waals surface area contributed by atoms with E-state index in [1.165, 1.54) is 22.3 Å². The van der Waals surface area contributed by atoms with Crippen molar-refractivity contribution in [1.29, 1.82) is 0 Å². The molecule has 52 heavy (non-hydrogen) atoms. The van der Waals surface area contributed by atoms with Crippen LogP contribution in [0.2, 0.25) is 0 Å². The number of carboxylic acids is 1. The average Bonchev–Trinajstić information content (AvgIpc) is 3.57. The van der Waals surface area contributed by atoms with Gasteiger partial charge in [0.05, 0.1) is 11.2 Å². The van der Waals surface area contributed by atoms with Crippen LogP contribution in [0.4, 0.5) is 24.7 Å². The normalized spacial score (nSPS) is 15.3. The number of hydrogen-bond donors (Lipinski definition) is 4. The van der Waals surface area contributed by atoms with Crippen LogP contribution in [0.1, 0.15) is 59.3 Å². The lowest BCUT2D eigenvalue weighted by molar-refractivity contribution is 0.0695. The number of halogens is 3. The molecule has 2 atom stereocenters. The predicted molar refractivity (Wildman–Crippen MR) is 192 cm³/mol. The number of pyridine rings is 1. The van der Waals surface area contributed by atoms with Crippen molar-refractivity contribution in [1.82, 2.24) is 19.0 Å². The van der Waals surface area contributed by atoms with Gasteiger partial charge in [-0.2, -0.15) is 0 Å². The zero-order valence-corrected chi connectivity index (χ0v) is 28.7. The lowest BCUT2D eigenvalue weighted by Gasteiger charge is -2.23. The van der Waals surface area contributed by atoms with Crippen LogP contribution in [0.3, 0.4) is 0 Å². The number of hydrogen-bond acceptors (Lipinski definition) is 7. The molecule has 0 radical (unpaired) electrons. The molecule has 0 saturated carbocycles. The highest BCUT2D eigenvalue weighted by Gasteiger charge is 2.30. The first-order valence-corrected chi connectivity index (χ1v) is 17.1. The Kier molecular flexibility index (Phi) is 10.5. The molecular formula is C38H39F3N6O5. The van der Waals surface area contributed by atoms with Crippen molar-refractivity contribution in [2.45, 2.75) is 52.1 Å². The highest BCUT2D eigenvalue weighted by molar-refractivity contribution is 5.93. The van der Waals surface area contributed by atoms with E-state index >= 15 is 4.39 Å². The van der Waals surface area contributed by atoms with Gasteiger partial charge in [0.1, 0.15) is 28.8 Å². The lowest BCUT2D eigenvalue weighted by Crippen LogP contribution is -2.35. The number of carbonyl (C=O) groups is 1. The molecule has 5 N–H and O–H groups in total. The topological polar surface area (TPSA) is 155 Å². The molecule has 6 rings (SSSR count). The summed E-state index contributed by atoms with van der Waals surface area (Å²) in [5.41, 5.74) is 7.01. The van der Waals surface area contributed by atoms with Crippen LogP contribution in [0, 0.1) is 30.3 Å². The maximum atomic E-state index is 15.6. The molecule has 0 aliphatic carbocycles. The molecule has 0 spiro atoms. The number of carboxylic acid groups (broad SMARTS) is 1. The Hall–Kier alpha value is -5.47. The van der Waals surface area contributed by atoms with Crippen LogP contribution >= 0.6 is 0 Å². The zero-order chi connectivity index (χ0) is 37.3. The SMILES string of the molecule is CCc1cc(Nc2cc(=O)n(CCCCN3CCC(C(N)c4cc5c(cc4F)c(=O)c(C(=O)O)cn5-c4ccc(F)cc4F)C3)c(=O)[nH]2)ccc1C. The number of likely N-dealkylation sites (tertiary alicyclic amines) is 1. The number of aromatic carboxylic acids is 1. The number of unbranched alkanes of at least 4 members (excludes halogenated alkanes) is 1. The summed E-state index contributed by atoms with van der Waals surface area (Å²) in [6.45, 7) is 6.20. The minimum absolute atomic E-state index is 0.0250. The largest absolute Gasteiger partial charge is 0.477 e. The highest BCUT2D eigenvalue weighted by atomic mass is 19.1. The van der Waals surface area contributed by atoms with Crippen molar-refractivity contribution in [2.75, 3.05) is 25.0 Å². The molecule has 0 bridgehead atoms. The van der Waals surface area contributed by atoms with Crippen LogP contribution in [0.5, 0.6) is 0 Å². The van der Waals surface area contributed by atoms with Gasteiger partial charge in [-0.1, -0.05) is 13.0 Å². The van der Waals surface area contributed by atoms with E-state index < -0.39 is 51.7 Å². The third kappa shape index (κ3) is 7.44. The first-order chi connectivity index (χ1) is 24.8. The molecule has 2 aromatic heterocycles. The fourth-order valence-electron chi connectivity index (χ4n) is 6.95. The summed E-state index contributed by atoms with van der Waals surface area (Å²) < 4.78 is 46.4. The third-order valence-electron chi connectivity index (χ3n) is 9.83. The van der Waals surface area contributed by atoms with E-state index in [4.69, 9.17) is 5.73 Å². The summed E-state index contributed by atoms with van der Waals surface area (Å²) >= 11 is 0. The Bertz CT molecular complexity index is 2320. The number of nitrogens with two attached hydrogens (primary N) is 1. The van der Waals surface area contributed by atoms with E-state index in [2.05, 4.69) is 22.1 Å². The molecule has 14 heteroatoms. The van der Waals surface area contributed by atoms with Crippen molar-refractivity contribution >= 4 is 28.4 Å². The Labute approximate surface area is 296 Å². The molecule has 5 aromatic rings. The zero-order valence-electron chi connectivity index (χ0n) is 28.7. The Morgan fingerprint density at radius 1 is 1.02 bits per heavy atom. The van der Waals surface area contributed by atoms with E-state index in [1.807, 2.05) is 25.1 Å². The van der Waals surface area contributed by atoms with E-state index in [0.717, 1.165) is 46.6 Å². The molecule has 2 unspecified atom stereocenters. The Morgan fingerprint density at radius 3 is 2.50 bits per heavy atom. The quantitative estimate of drug-likeness (QED) is 0.126. The number of nitrogens with one attached hydrogen (secondary N) is 2. The van der Waals surface area contributed by atoms with Gasteiger partial charge in [-0.05, 0) is 99.1 Å². The molecule has 1 aliphatic heterocycles. The number of aromatic nitrogens is 3. The Morgan fingerprint density at radius 2 is 1.79 bits per heavy atom. The summed E-state index contributed by atoms with van der Waals surface area (Å²) in [5, 5.41) is 12.4. The molecule has 1 saturated heterocycles. The van der Waals surface area contributed by atoms with Gasteiger partial charge in [-0.15, -0.1) is 0 Å². The van der Waals surface area contributed by atoms with Crippen LogP contribution in [0.25, 0.3) is 16.6 Å². The van der Waals surface area contributed by atoms with Crippen molar-refractivity contribution in [3.8, 4) is 5.69 Å². The standard InChI is InChI=1S/C38H39F3N6O5/c1-3-22-14-25(8-6-21(22)2)43-33-18-34(48)46(38(52)44-33)12-5-4-11-45-13-10-23(19-45)35(42)26-17-32-27(16-29(26)40)36(49)28(37(50)51)20-47(32)31-9-7-24(39)15-30(31)41/h6-9,14-18,20,23,35,43H,3-5,10-13,19,42H2,1-2H3,(H,44,52)(H,50,51). The number of aromatic amines is 1. The van der Waals surface area contributed by atoms with Gasteiger partial charge < -0.3 is 25.6 Å². The van der Waals surface area contributed by atoms with E-state index in [-0.39, 0.29) is 34.6 Å². The summed E-state index contributed by atoms with van der Waals surface area (Å²) in [4.78, 5) is 55.3. The molecule has 272 valence electrons. The summed E-state index contributed by atoms with van der Waals surface area (Å²) in [7, 11) is 0. The number of fused-ring (bicyclic) bond motifs is 1. The van der Waals surface area contributed by atoms with Gasteiger partial charge in [0.25, 0.3) is 5.56 Å². The van der Waals surface area contributed by atoms with Crippen LogP contribution < -0.4 is 27.7 Å². The van der Waals surface area contributed by atoms with E-state index in [1.54, 1.807) is 0 Å². The average molecular weight is 717 g/mol. The van der Waals surface area contributed by atoms with Gasteiger partial charge in [0, 0.05) is 54.1 Å². The highest BCUT2D eigenvalue weighted by Crippen LogP contribution is 2.33. The second-order valence-electron chi connectivity index (χ2n) is 13.2. The van der Waals surface area contributed by atoms with Crippen molar-refractivity contribution < 1.29 is 23.1 Å². The number of H-pyrrole nitrogens is 1. The van der Waals surface area contributed by atoms with Gasteiger partial charge in [0.15, 0.2) is 0 Å². The van der Waals surface area contributed by atoms with Crippen molar-refractivity contribution in [3.63, 3.8) is 0 Å². The maximum Gasteiger partial charge on any atom is 0.341 e. The third-order valence-corrected chi connectivity index (χ3v) is 9.83. The van der Waals surface area contributed by atoms with Crippen molar-refractivity contribution in [2.24, 2.45) is 11.7 Å². The molecule has 1 aliphatic rings. The summed E-state index contributed by atoms with van der Waals surface area (Å²) in [6, 6.07) is 11.4. The molecule has 3 heterocycles. The first kappa shape index (κ1) is 36.3. The van der Waals surface area contributed by atoms with E-state index in [0.29, 0.717) is 50.8 Å². The van der Waals surface area contributed by atoms with Gasteiger partial charge >= 0.3 is 11.7 Å². The number of rotatable bonds is 12. The number of nitrogens with zero attached hydrogens (tertiary/aromatic N) is 3.